The molecule has 6 rings (SSSR count). The molecule has 0 radical (unpaired) electrons. The Bertz CT molecular complexity index is 1640. The van der Waals surface area contributed by atoms with E-state index in [0.717, 1.165) is 24.7 Å². The van der Waals surface area contributed by atoms with Gasteiger partial charge in [-0.2, -0.15) is 0 Å². The number of nitrogens with zero attached hydrogens (tertiary/aromatic N) is 7. The van der Waals surface area contributed by atoms with Gasteiger partial charge in [0, 0.05) is 67.2 Å². The quantitative estimate of drug-likeness (QED) is 0.323. The Morgan fingerprint density at radius 3 is 2.56 bits per heavy atom. The van der Waals surface area contributed by atoms with Crippen molar-refractivity contribution in [3.8, 4) is 11.1 Å². The number of hydrogen-bond donors (Lipinski definition) is 2. The molecule has 0 bridgehead atoms. The van der Waals surface area contributed by atoms with E-state index in [1.54, 1.807) is 18.5 Å². The molecule has 0 saturated carbocycles. The Balaban J connectivity index is 1.17. The second kappa shape index (κ2) is 10.0. The molecule has 1 aromatic carbocycles. The summed E-state index contributed by atoms with van der Waals surface area (Å²) in [6.07, 6.45) is 4.51. The summed E-state index contributed by atoms with van der Waals surface area (Å²) < 4.78 is 31.8. The zero-order valence-corrected chi connectivity index (χ0v) is 23.4. The highest BCUT2D eigenvalue weighted by atomic mass is 19.1. The minimum atomic E-state index is -0.857. The van der Waals surface area contributed by atoms with Crippen molar-refractivity contribution in [3.05, 3.63) is 59.8 Å². The summed E-state index contributed by atoms with van der Waals surface area (Å²) in [4.78, 5) is 32.5. The predicted molar refractivity (Wildman–Crippen MR) is 150 cm³/mol. The summed E-state index contributed by atoms with van der Waals surface area (Å²) in [7, 11) is 0. The SMILES string of the molecule is Cc1nc2c(F)cc(-c3cc(Nc4ncc(CN5C[C@]6(C)CN(C(=O)O)CC[C@H]56)cn4)ncc3F)cc2n1C(C)C. The Morgan fingerprint density at radius 2 is 1.88 bits per heavy atom. The fourth-order valence-corrected chi connectivity index (χ4v) is 6.47. The van der Waals surface area contributed by atoms with Gasteiger partial charge in [-0.15, -0.1) is 0 Å². The molecule has 1 amide bonds. The van der Waals surface area contributed by atoms with Crippen LogP contribution in [0.5, 0.6) is 0 Å². The maximum absolute atomic E-state index is 15.0. The molecule has 12 heteroatoms. The summed E-state index contributed by atoms with van der Waals surface area (Å²) in [6, 6.07) is 4.94. The number of piperidine rings is 1. The molecule has 5 heterocycles. The smallest absolute Gasteiger partial charge is 0.407 e. The lowest BCUT2D eigenvalue weighted by Gasteiger charge is -2.60. The third-order valence-corrected chi connectivity index (χ3v) is 8.24. The zero-order valence-electron chi connectivity index (χ0n) is 23.4. The average Bonchev–Trinajstić information content (AvgIpc) is 3.26. The number of imidazole rings is 1. The van der Waals surface area contributed by atoms with E-state index >= 15 is 4.39 Å². The highest BCUT2D eigenvalue weighted by Gasteiger charge is 2.52. The van der Waals surface area contributed by atoms with Crippen LogP contribution in [-0.2, 0) is 6.54 Å². The first-order valence-electron chi connectivity index (χ1n) is 13.7. The molecule has 4 aromatic rings. The van der Waals surface area contributed by atoms with E-state index in [0.29, 0.717) is 54.3 Å². The van der Waals surface area contributed by atoms with Gasteiger partial charge in [0.15, 0.2) is 5.82 Å². The Hall–Kier alpha value is -4.19. The molecule has 0 unspecified atom stereocenters. The lowest BCUT2D eigenvalue weighted by atomic mass is 9.69. The van der Waals surface area contributed by atoms with Crippen LogP contribution >= 0.6 is 0 Å². The zero-order chi connectivity index (χ0) is 29.1. The fourth-order valence-electron chi connectivity index (χ4n) is 6.47. The van der Waals surface area contributed by atoms with Crippen molar-refractivity contribution in [2.75, 3.05) is 25.0 Å². The van der Waals surface area contributed by atoms with Gasteiger partial charge < -0.3 is 19.9 Å². The number of rotatable bonds is 6. The van der Waals surface area contributed by atoms with E-state index in [1.165, 1.54) is 17.0 Å². The van der Waals surface area contributed by atoms with Crippen molar-refractivity contribution in [2.24, 2.45) is 5.41 Å². The number of benzene rings is 1. The van der Waals surface area contributed by atoms with Crippen LogP contribution in [0.2, 0.25) is 0 Å². The molecule has 214 valence electrons. The van der Waals surface area contributed by atoms with E-state index in [4.69, 9.17) is 0 Å². The summed E-state index contributed by atoms with van der Waals surface area (Å²) in [5, 5.41) is 12.3. The number of halogens is 2. The fraction of sp³-hybridized carbons (Fsp3) is 0.414. The summed E-state index contributed by atoms with van der Waals surface area (Å²) in [5.41, 5.74) is 2.34. The van der Waals surface area contributed by atoms with Crippen molar-refractivity contribution >= 4 is 28.9 Å². The van der Waals surface area contributed by atoms with Crippen LogP contribution in [0.25, 0.3) is 22.2 Å². The van der Waals surface area contributed by atoms with Crippen LogP contribution in [0.3, 0.4) is 0 Å². The molecular weight excluding hydrogens is 530 g/mol. The second-order valence-electron chi connectivity index (χ2n) is 11.6. The van der Waals surface area contributed by atoms with E-state index in [2.05, 4.69) is 37.1 Å². The van der Waals surface area contributed by atoms with Gasteiger partial charge in [0.1, 0.15) is 23.0 Å². The predicted octanol–water partition coefficient (Wildman–Crippen LogP) is 5.37. The maximum atomic E-state index is 15.0. The first-order valence-corrected chi connectivity index (χ1v) is 13.7. The van der Waals surface area contributed by atoms with Gasteiger partial charge in [-0.05, 0) is 51.0 Å². The number of anilines is 2. The molecule has 10 nitrogen and oxygen atoms in total. The van der Waals surface area contributed by atoms with Gasteiger partial charge in [-0.3, -0.25) is 4.90 Å². The number of amides is 1. The van der Waals surface area contributed by atoms with Crippen molar-refractivity contribution in [3.63, 3.8) is 0 Å². The largest absolute Gasteiger partial charge is 0.465 e. The average molecular weight is 563 g/mol. The third-order valence-electron chi connectivity index (χ3n) is 8.24. The minimum Gasteiger partial charge on any atom is -0.465 e. The lowest BCUT2D eigenvalue weighted by molar-refractivity contribution is -0.111. The number of aromatic nitrogens is 5. The molecular formula is C29H32F2N8O2. The van der Waals surface area contributed by atoms with Gasteiger partial charge >= 0.3 is 6.09 Å². The number of aryl methyl sites for hydroxylation is 1. The molecule has 2 N–H and O–H groups in total. The number of nitrogens with one attached hydrogen (secondary N) is 1. The maximum Gasteiger partial charge on any atom is 0.407 e. The molecule has 0 spiro atoms. The van der Waals surface area contributed by atoms with Crippen LogP contribution < -0.4 is 5.32 Å². The molecule has 41 heavy (non-hydrogen) atoms. The number of hydrogen-bond acceptors (Lipinski definition) is 7. The van der Waals surface area contributed by atoms with Crippen molar-refractivity contribution in [1.82, 2.24) is 34.3 Å². The van der Waals surface area contributed by atoms with Crippen LogP contribution in [0, 0.1) is 24.0 Å². The number of likely N-dealkylation sites (tertiary alicyclic amines) is 2. The standard InChI is InChI=1S/C29H32F2N8O2/c1-16(2)39-17(3)35-26-21(30)7-19(8-23(26)39)20-9-25(32-12-22(20)31)36-27-33-10-18(11-34-27)13-38-15-29(4)14-37(28(40)41)6-5-24(29)38/h7-12,16,24H,5-6,13-15H2,1-4H3,(H,40,41)(H,32,33,34,36)/t24-,29-/m0/s1. The number of carboxylic acid groups (broad SMARTS) is 1. The van der Waals surface area contributed by atoms with E-state index < -0.39 is 17.7 Å². The first-order chi connectivity index (χ1) is 19.5. The molecule has 2 fully saturated rings. The normalized spacial score (nSPS) is 20.8. The number of carbonyl (C=O) groups is 1. The summed E-state index contributed by atoms with van der Waals surface area (Å²) >= 11 is 0. The molecule has 2 saturated heterocycles. The summed E-state index contributed by atoms with van der Waals surface area (Å²) in [6.45, 7) is 10.5. The molecule has 2 aliphatic heterocycles. The first kappa shape index (κ1) is 27.0. The molecule has 0 aliphatic carbocycles. The molecule has 2 atom stereocenters. The second-order valence-corrected chi connectivity index (χ2v) is 11.6. The lowest BCUT2D eigenvalue weighted by Crippen LogP contribution is -2.69. The van der Waals surface area contributed by atoms with Crippen LogP contribution in [-0.4, -0.2) is 71.2 Å². The van der Waals surface area contributed by atoms with Crippen molar-refractivity contribution in [2.45, 2.75) is 52.7 Å². The van der Waals surface area contributed by atoms with Gasteiger partial charge in [-0.1, -0.05) is 6.92 Å². The Kier molecular flexibility index (Phi) is 6.60. The third kappa shape index (κ3) is 4.86. The van der Waals surface area contributed by atoms with E-state index in [9.17, 15) is 14.3 Å². The van der Waals surface area contributed by atoms with Crippen LogP contribution in [0.1, 0.15) is 44.6 Å². The van der Waals surface area contributed by atoms with E-state index in [1.807, 2.05) is 25.3 Å². The van der Waals surface area contributed by atoms with Crippen molar-refractivity contribution < 1.29 is 18.7 Å². The number of fused-ring (bicyclic) bond motifs is 2. The topological polar surface area (TPSA) is 112 Å². The highest BCUT2D eigenvalue weighted by molar-refractivity contribution is 5.84. The minimum absolute atomic E-state index is 0.0361. The Labute approximate surface area is 236 Å². The summed E-state index contributed by atoms with van der Waals surface area (Å²) in [5.74, 6) is 0.230. The van der Waals surface area contributed by atoms with Crippen molar-refractivity contribution in [1.29, 1.82) is 0 Å². The molecule has 3 aromatic heterocycles. The van der Waals surface area contributed by atoms with Gasteiger partial charge in [0.25, 0.3) is 0 Å². The van der Waals surface area contributed by atoms with Gasteiger partial charge in [-0.25, -0.2) is 33.5 Å². The van der Waals surface area contributed by atoms with Crippen LogP contribution in [0.4, 0.5) is 25.3 Å². The molecule has 2 aliphatic rings. The monoisotopic (exact) mass is 562 g/mol. The number of pyridine rings is 1. The Morgan fingerprint density at radius 1 is 1.12 bits per heavy atom. The van der Waals surface area contributed by atoms with Gasteiger partial charge in [0.05, 0.1) is 11.7 Å². The van der Waals surface area contributed by atoms with Gasteiger partial charge in [0.2, 0.25) is 5.95 Å². The highest BCUT2D eigenvalue weighted by Crippen LogP contribution is 2.43. The van der Waals surface area contributed by atoms with E-state index in [-0.39, 0.29) is 22.5 Å². The van der Waals surface area contributed by atoms with Crippen LogP contribution in [0.15, 0.2) is 36.8 Å².